The predicted molar refractivity (Wildman–Crippen MR) is 132 cm³/mol. The minimum absolute atomic E-state index is 0.157. The molecule has 0 radical (unpaired) electrons. The van der Waals surface area contributed by atoms with E-state index < -0.39 is 6.09 Å². The van der Waals surface area contributed by atoms with Crippen molar-refractivity contribution in [2.45, 2.75) is 47.8 Å². The Morgan fingerprint density at radius 1 is 1.17 bits per heavy atom. The van der Waals surface area contributed by atoms with Crippen molar-refractivity contribution in [1.82, 2.24) is 29.7 Å². The minimum atomic E-state index is -0.505. The predicted octanol–water partition coefficient (Wildman–Crippen LogP) is 4.75. The van der Waals surface area contributed by atoms with Crippen molar-refractivity contribution in [3.8, 4) is 0 Å². The van der Waals surface area contributed by atoms with Crippen molar-refractivity contribution in [3.05, 3.63) is 36.0 Å². The molecule has 35 heavy (non-hydrogen) atoms. The first-order valence-electron chi connectivity index (χ1n) is 11.7. The normalized spacial score (nSPS) is 17.3. The molecule has 0 atom stereocenters. The summed E-state index contributed by atoms with van der Waals surface area (Å²) >= 11 is 2.89. The summed E-state index contributed by atoms with van der Waals surface area (Å²) in [6.45, 7) is 1.57. The van der Waals surface area contributed by atoms with Crippen LogP contribution in [0, 0.1) is 0 Å². The summed E-state index contributed by atoms with van der Waals surface area (Å²) in [5, 5.41) is 17.2. The number of carbonyl (C=O) groups excluding carboxylic acids is 1. The summed E-state index contributed by atoms with van der Waals surface area (Å²) in [5.41, 5.74) is 2.62. The maximum atomic E-state index is 12.5. The number of carbonyl (C=O) groups is 1. The zero-order valence-electron chi connectivity index (χ0n) is 18.9. The number of amides is 1. The van der Waals surface area contributed by atoms with Crippen LogP contribution in [0.15, 0.2) is 40.4 Å². The number of ether oxygens (including phenoxy) is 1. The maximum Gasteiger partial charge on any atom is 0.413 e. The number of thiazole rings is 1. The number of benzene rings is 1. The van der Waals surface area contributed by atoms with Gasteiger partial charge >= 0.3 is 6.09 Å². The van der Waals surface area contributed by atoms with Crippen LogP contribution < -0.4 is 5.32 Å². The van der Waals surface area contributed by atoms with Gasteiger partial charge in [-0.3, -0.25) is 5.32 Å². The Bertz CT molecular complexity index is 1360. The third kappa shape index (κ3) is 5.09. The van der Waals surface area contributed by atoms with Gasteiger partial charge in [0.1, 0.15) is 12.8 Å². The van der Waals surface area contributed by atoms with E-state index in [1.807, 2.05) is 35.2 Å². The number of piperidine rings is 1. The first-order valence-corrected chi connectivity index (χ1v) is 13.3. The lowest BCUT2D eigenvalue weighted by Gasteiger charge is -2.30. The number of anilines is 1. The molecule has 4 aromatic rings. The summed E-state index contributed by atoms with van der Waals surface area (Å²) in [4.78, 5) is 19.9. The fourth-order valence-electron chi connectivity index (χ4n) is 4.21. The quantitative estimate of drug-likeness (QED) is 0.378. The number of hydrogen-bond acceptors (Lipinski definition) is 9. The lowest BCUT2D eigenvalue weighted by molar-refractivity contribution is 0.0572. The zero-order chi connectivity index (χ0) is 23.8. The standard InChI is InChI=1S/C23H24FN7O2S2/c24-9-12-30-10-7-15(8-11-30)33-23(32)26-21-25-18-4-3-16(13-19(18)35-21)34-22-28-27-20-6-5-17(14-1-2-14)29-31(20)22/h3-6,13-15H,1-2,7-12H2,(H,25,26,32). The fourth-order valence-corrected chi connectivity index (χ4v) is 6.00. The van der Waals surface area contributed by atoms with Crippen LogP contribution in [-0.2, 0) is 4.74 Å². The first kappa shape index (κ1) is 22.6. The molecule has 1 aliphatic carbocycles. The highest BCUT2D eigenvalue weighted by Crippen LogP contribution is 2.39. The molecule has 9 nitrogen and oxygen atoms in total. The van der Waals surface area contributed by atoms with Gasteiger partial charge in [-0.2, -0.15) is 9.61 Å². The average molecular weight is 514 g/mol. The monoisotopic (exact) mass is 513 g/mol. The lowest BCUT2D eigenvalue weighted by atomic mass is 10.1. The molecule has 1 amide bonds. The third-order valence-electron chi connectivity index (χ3n) is 6.24. The van der Waals surface area contributed by atoms with Gasteiger partial charge in [0.15, 0.2) is 10.8 Å². The Morgan fingerprint density at radius 3 is 2.83 bits per heavy atom. The number of likely N-dealkylation sites (tertiary alicyclic amines) is 1. The molecule has 2 fully saturated rings. The van der Waals surface area contributed by atoms with E-state index in [9.17, 15) is 9.18 Å². The second-order valence-electron chi connectivity index (χ2n) is 8.80. The van der Waals surface area contributed by atoms with Crippen LogP contribution in [0.2, 0.25) is 0 Å². The van der Waals surface area contributed by atoms with Crippen LogP contribution in [-0.4, -0.2) is 68.2 Å². The number of hydrogen-bond donors (Lipinski definition) is 1. The van der Waals surface area contributed by atoms with Gasteiger partial charge in [-0.15, -0.1) is 10.2 Å². The van der Waals surface area contributed by atoms with Gasteiger partial charge in [-0.1, -0.05) is 11.3 Å². The van der Waals surface area contributed by atoms with E-state index >= 15 is 0 Å². The molecule has 4 heterocycles. The van der Waals surface area contributed by atoms with E-state index in [4.69, 9.17) is 9.84 Å². The topological polar surface area (TPSA) is 97.5 Å². The van der Waals surface area contributed by atoms with Gasteiger partial charge in [-0.05, 0) is 67.8 Å². The smallest absolute Gasteiger partial charge is 0.413 e. The number of aromatic nitrogens is 5. The van der Waals surface area contributed by atoms with Crippen LogP contribution in [0.4, 0.5) is 14.3 Å². The Hall–Kier alpha value is -2.83. The molecular weight excluding hydrogens is 489 g/mol. The Labute approximate surface area is 209 Å². The lowest BCUT2D eigenvalue weighted by Crippen LogP contribution is -2.39. The molecule has 0 bridgehead atoms. The highest BCUT2D eigenvalue weighted by molar-refractivity contribution is 7.99. The number of fused-ring (bicyclic) bond motifs is 2. The van der Waals surface area contributed by atoms with Gasteiger partial charge in [0.05, 0.1) is 15.9 Å². The molecule has 1 N–H and O–H groups in total. The molecule has 6 rings (SSSR count). The Morgan fingerprint density at radius 2 is 2.03 bits per heavy atom. The van der Waals surface area contributed by atoms with Crippen LogP contribution >= 0.6 is 23.1 Å². The summed E-state index contributed by atoms with van der Waals surface area (Å²) in [6.07, 6.45) is 3.14. The summed E-state index contributed by atoms with van der Waals surface area (Å²) in [7, 11) is 0. The largest absolute Gasteiger partial charge is 0.446 e. The van der Waals surface area contributed by atoms with Gasteiger partial charge in [0, 0.05) is 30.4 Å². The minimum Gasteiger partial charge on any atom is -0.446 e. The van der Waals surface area contributed by atoms with Gasteiger partial charge in [0.25, 0.3) is 0 Å². The van der Waals surface area contributed by atoms with E-state index in [2.05, 4.69) is 20.5 Å². The van der Waals surface area contributed by atoms with Crippen LogP contribution in [0.5, 0.6) is 0 Å². The van der Waals surface area contributed by atoms with Crippen LogP contribution in [0.25, 0.3) is 15.9 Å². The summed E-state index contributed by atoms with van der Waals surface area (Å²) < 4.78 is 20.8. The highest BCUT2D eigenvalue weighted by Gasteiger charge is 2.26. The summed E-state index contributed by atoms with van der Waals surface area (Å²) in [6, 6.07) is 9.94. The van der Waals surface area contributed by atoms with Crippen molar-refractivity contribution in [2.75, 3.05) is 31.6 Å². The molecule has 1 saturated carbocycles. The van der Waals surface area contributed by atoms with Gasteiger partial charge < -0.3 is 9.64 Å². The third-order valence-corrected chi connectivity index (χ3v) is 8.10. The van der Waals surface area contributed by atoms with E-state index in [-0.39, 0.29) is 12.8 Å². The molecule has 2 aliphatic rings. The van der Waals surface area contributed by atoms with Gasteiger partial charge in [-0.25, -0.2) is 14.2 Å². The molecule has 0 spiro atoms. The first-order chi connectivity index (χ1) is 17.1. The van der Waals surface area contributed by atoms with E-state index in [1.54, 1.807) is 4.52 Å². The number of nitrogens with zero attached hydrogens (tertiary/aromatic N) is 6. The zero-order valence-corrected chi connectivity index (χ0v) is 20.5. The Balaban J connectivity index is 1.11. The average Bonchev–Trinajstić information content (AvgIpc) is 3.52. The molecule has 1 saturated heterocycles. The van der Waals surface area contributed by atoms with Crippen molar-refractivity contribution < 1.29 is 13.9 Å². The molecule has 1 aliphatic heterocycles. The highest BCUT2D eigenvalue weighted by atomic mass is 32.2. The SMILES string of the molecule is O=C(Nc1nc2ccc(Sc3nnc4ccc(C5CC5)nn34)cc2s1)OC1CCN(CCF)CC1. The number of alkyl halides is 1. The second-order valence-corrected chi connectivity index (χ2v) is 10.9. The number of nitrogens with one attached hydrogen (secondary N) is 1. The van der Waals surface area contributed by atoms with E-state index in [1.165, 1.54) is 35.9 Å². The molecule has 12 heteroatoms. The second kappa shape index (κ2) is 9.67. The maximum absolute atomic E-state index is 12.5. The number of halogens is 1. The molecular formula is C23H24FN7O2S2. The Kier molecular flexibility index (Phi) is 6.25. The molecule has 3 aromatic heterocycles. The van der Waals surface area contributed by atoms with Crippen molar-refractivity contribution in [2.24, 2.45) is 0 Å². The van der Waals surface area contributed by atoms with Crippen molar-refractivity contribution in [1.29, 1.82) is 0 Å². The van der Waals surface area contributed by atoms with Gasteiger partial charge in [0.2, 0.25) is 5.16 Å². The fraction of sp³-hybridized carbons (Fsp3) is 0.435. The van der Waals surface area contributed by atoms with Crippen molar-refractivity contribution in [3.63, 3.8) is 0 Å². The van der Waals surface area contributed by atoms with Crippen LogP contribution in [0.3, 0.4) is 0 Å². The van der Waals surface area contributed by atoms with E-state index in [0.717, 1.165) is 39.5 Å². The molecule has 0 unspecified atom stereocenters. The summed E-state index contributed by atoms with van der Waals surface area (Å²) in [5.74, 6) is 0.556. The molecule has 182 valence electrons. The van der Waals surface area contributed by atoms with Crippen LogP contribution in [0.1, 0.15) is 37.3 Å². The molecule has 1 aromatic carbocycles. The number of rotatable bonds is 7. The van der Waals surface area contributed by atoms with Crippen molar-refractivity contribution >= 4 is 50.2 Å². The van der Waals surface area contributed by atoms with E-state index in [0.29, 0.717) is 35.6 Å².